The molecular formula is C21H25NO3S. The molecule has 2 aliphatic rings. The van der Waals surface area contributed by atoms with Gasteiger partial charge >= 0.3 is 0 Å². The Morgan fingerprint density at radius 1 is 1.42 bits per heavy atom. The minimum atomic E-state index is -0.0113. The number of aliphatic hydroxyl groups is 1. The number of amides is 1. The van der Waals surface area contributed by atoms with Gasteiger partial charge in [-0.1, -0.05) is 26.0 Å². The van der Waals surface area contributed by atoms with Gasteiger partial charge in [-0.3, -0.25) is 4.79 Å². The van der Waals surface area contributed by atoms with E-state index in [1.54, 1.807) is 11.3 Å². The maximum Gasteiger partial charge on any atom is 0.261 e. The average molecular weight is 372 g/mol. The van der Waals surface area contributed by atoms with Crippen molar-refractivity contribution in [3.05, 3.63) is 50.7 Å². The van der Waals surface area contributed by atoms with Gasteiger partial charge in [0.2, 0.25) is 0 Å². The van der Waals surface area contributed by atoms with E-state index < -0.39 is 0 Å². The first-order valence-corrected chi connectivity index (χ1v) is 9.98. The predicted octanol–water partition coefficient (Wildman–Crippen LogP) is 3.65. The molecule has 2 aromatic rings. The van der Waals surface area contributed by atoms with Crippen LogP contribution in [0.5, 0.6) is 5.75 Å². The average Bonchev–Trinajstić information content (AvgIpc) is 2.96. The van der Waals surface area contributed by atoms with Crippen LogP contribution in [0.15, 0.2) is 24.3 Å². The van der Waals surface area contributed by atoms with E-state index in [9.17, 15) is 4.79 Å². The normalized spacial score (nSPS) is 21.8. The second-order valence-corrected chi connectivity index (χ2v) is 9.12. The lowest BCUT2D eigenvalue weighted by atomic mass is 9.95. The van der Waals surface area contributed by atoms with E-state index in [1.165, 1.54) is 16.0 Å². The number of aryl methyl sites for hydroxylation is 1. The number of nitrogens with one attached hydrogen (secondary N) is 1. The molecule has 4 nitrogen and oxygen atoms in total. The summed E-state index contributed by atoms with van der Waals surface area (Å²) in [5, 5.41) is 11.9. The highest BCUT2D eigenvalue weighted by atomic mass is 32.1. The molecular weight excluding hydrogens is 346 g/mol. The highest BCUT2D eigenvalue weighted by Crippen LogP contribution is 2.71. The van der Waals surface area contributed by atoms with E-state index in [0.717, 1.165) is 16.9 Å². The maximum atomic E-state index is 12.8. The zero-order valence-electron chi connectivity index (χ0n) is 15.5. The van der Waals surface area contributed by atoms with E-state index in [2.05, 4.69) is 26.1 Å². The van der Waals surface area contributed by atoms with Gasteiger partial charge in [0.25, 0.3) is 5.91 Å². The van der Waals surface area contributed by atoms with E-state index in [4.69, 9.17) is 9.84 Å². The van der Waals surface area contributed by atoms with Crippen molar-refractivity contribution in [2.45, 2.75) is 39.7 Å². The summed E-state index contributed by atoms with van der Waals surface area (Å²) in [6.07, 6.45) is 1.05. The number of rotatable bonds is 6. The quantitative estimate of drug-likeness (QED) is 0.815. The molecule has 138 valence electrons. The zero-order chi connectivity index (χ0) is 18.5. The molecule has 0 bridgehead atoms. The summed E-state index contributed by atoms with van der Waals surface area (Å²) in [6, 6.07) is 7.62. The number of carbonyl (C=O) groups excluding carboxylic acids is 1. The van der Waals surface area contributed by atoms with Crippen LogP contribution >= 0.6 is 11.3 Å². The van der Waals surface area contributed by atoms with Crippen LogP contribution in [0.1, 0.15) is 51.0 Å². The molecule has 0 unspecified atom stereocenters. The Bertz CT molecular complexity index is 855. The Morgan fingerprint density at radius 2 is 2.23 bits per heavy atom. The van der Waals surface area contributed by atoms with Crippen LogP contribution in [-0.2, 0) is 13.0 Å². The molecule has 1 fully saturated rings. The van der Waals surface area contributed by atoms with Crippen LogP contribution in [0.3, 0.4) is 0 Å². The molecule has 2 N–H and O–H groups in total. The topological polar surface area (TPSA) is 58.6 Å². The lowest BCUT2D eigenvalue weighted by Crippen LogP contribution is -2.23. The van der Waals surface area contributed by atoms with Gasteiger partial charge in [-0.2, -0.15) is 0 Å². The van der Waals surface area contributed by atoms with E-state index >= 15 is 0 Å². The van der Waals surface area contributed by atoms with E-state index in [0.29, 0.717) is 29.5 Å². The van der Waals surface area contributed by atoms with Crippen molar-refractivity contribution in [1.82, 2.24) is 5.32 Å². The fourth-order valence-electron chi connectivity index (χ4n) is 4.49. The summed E-state index contributed by atoms with van der Waals surface area (Å²) in [5.41, 5.74) is 4.14. The molecule has 0 radical (unpaired) electrons. The number of ether oxygens (including phenoxy) is 1. The van der Waals surface area contributed by atoms with Gasteiger partial charge in [-0.25, -0.2) is 0 Å². The maximum absolute atomic E-state index is 12.8. The third-order valence-corrected chi connectivity index (χ3v) is 7.10. The SMILES string of the molecule is Cc1sc(C(=O)NCc2cccc(OCCO)c2)c2c1[C@H]1[C@@H](C2)C1(C)C. The Balaban J connectivity index is 1.44. The molecule has 0 spiro atoms. The highest BCUT2D eigenvalue weighted by Gasteiger charge is 2.63. The highest BCUT2D eigenvalue weighted by molar-refractivity contribution is 7.14. The summed E-state index contributed by atoms with van der Waals surface area (Å²) in [5.74, 6) is 2.10. The van der Waals surface area contributed by atoms with Crippen molar-refractivity contribution in [2.24, 2.45) is 11.3 Å². The Morgan fingerprint density at radius 3 is 3.00 bits per heavy atom. The van der Waals surface area contributed by atoms with Crippen molar-refractivity contribution in [3.63, 3.8) is 0 Å². The van der Waals surface area contributed by atoms with Gasteiger partial charge in [-0.05, 0) is 59.4 Å². The molecule has 2 atom stereocenters. The van der Waals surface area contributed by atoms with Crippen molar-refractivity contribution >= 4 is 17.2 Å². The Hall–Kier alpha value is -1.85. The lowest BCUT2D eigenvalue weighted by Gasteiger charge is -2.11. The third-order valence-electron chi connectivity index (χ3n) is 5.94. The molecule has 1 aromatic carbocycles. The number of thiophene rings is 1. The number of hydrogen-bond donors (Lipinski definition) is 2. The van der Waals surface area contributed by atoms with Crippen LogP contribution < -0.4 is 10.1 Å². The number of fused-ring (bicyclic) bond motifs is 3. The second-order valence-electron chi connectivity index (χ2n) is 7.89. The summed E-state index contributed by atoms with van der Waals surface area (Å²) in [6.45, 7) is 7.57. The summed E-state index contributed by atoms with van der Waals surface area (Å²) in [7, 11) is 0. The Labute approximate surface area is 158 Å². The zero-order valence-corrected chi connectivity index (χ0v) is 16.3. The molecule has 5 heteroatoms. The van der Waals surface area contributed by atoms with Crippen molar-refractivity contribution < 1.29 is 14.6 Å². The van der Waals surface area contributed by atoms with Gasteiger partial charge in [-0.15, -0.1) is 11.3 Å². The monoisotopic (exact) mass is 371 g/mol. The van der Waals surface area contributed by atoms with Crippen LogP contribution in [0, 0.1) is 18.3 Å². The largest absolute Gasteiger partial charge is 0.491 e. The van der Waals surface area contributed by atoms with Gasteiger partial charge in [0.05, 0.1) is 11.5 Å². The van der Waals surface area contributed by atoms with Gasteiger partial charge in [0.1, 0.15) is 12.4 Å². The molecule has 2 aliphatic carbocycles. The third kappa shape index (κ3) is 2.83. The summed E-state index contributed by atoms with van der Waals surface area (Å²) < 4.78 is 5.43. The molecule has 0 aliphatic heterocycles. The molecule has 1 aromatic heterocycles. The van der Waals surface area contributed by atoms with E-state index in [-0.39, 0.29) is 19.1 Å². The summed E-state index contributed by atoms with van der Waals surface area (Å²) >= 11 is 1.64. The predicted molar refractivity (Wildman–Crippen MR) is 103 cm³/mol. The minimum absolute atomic E-state index is 0.0113. The van der Waals surface area contributed by atoms with Crippen molar-refractivity contribution in [3.8, 4) is 5.75 Å². The molecule has 0 saturated heterocycles. The standard InChI is InChI=1S/C21H25NO3S/c1-12-17-15(10-16-18(17)21(16,2)3)19(26-12)20(24)22-11-13-5-4-6-14(9-13)25-8-7-23/h4-6,9,16,18,23H,7-8,10-11H2,1-3H3,(H,22,24)/t16-,18-/m1/s1. The number of hydrogen-bond acceptors (Lipinski definition) is 4. The molecule has 26 heavy (non-hydrogen) atoms. The van der Waals surface area contributed by atoms with Crippen LogP contribution in [0.4, 0.5) is 0 Å². The van der Waals surface area contributed by atoms with E-state index in [1.807, 2.05) is 24.3 Å². The van der Waals surface area contributed by atoms with Crippen molar-refractivity contribution in [1.29, 1.82) is 0 Å². The minimum Gasteiger partial charge on any atom is -0.491 e. The second kappa shape index (κ2) is 6.39. The lowest BCUT2D eigenvalue weighted by molar-refractivity contribution is 0.0954. The van der Waals surface area contributed by atoms with Crippen LogP contribution in [0.25, 0.3) is 0 Å². The van der Waals surface area contributed by atoms with Gasteiger partial charge in [0.15, 0.2) is 0 Å². The summed E-state index contributed by atoms with van der Waals surface area (Å²) in [4.78, 5) is 15.0. The molecule has 1 amide bonds. The molecule has 4 rings (SSSR count). The van der Waals surface area contributed by atoms with Crippen LogP contribution in [-0.4, -0.2) is 24.2 Å². The van der Waals surface area contributed by atoms with Gasteiger partial charge < -0.3 is 15.2 Å². The fraction of sp³-hybridized carbons (Fsp3) is 0.476. The first-order valence-electron chi connectivity index (χ1n) is 9.16. The Kier molecular flexibility index (Phi) is 4.32. The molecule has 1 heterocycles. The number of carbonyl (C=O) groups is 1. The number of benzene rings is 1. The first-order chi connectivity index (χ1) is 12.4. The smallest absolute Gasteiger partial charge is 0.261 e. The molecule has 1 saturated carbocycles. The van der Waals surface area contributed by atoms with Gasteiger partial charge in [0, 0.05) is 11.4 Å². The fourth-order valence-corrected chi connectivity index (χ4v) is 5.63. The first kappa shape index (κ1) is 17.6. The number of aliphatic hydroxyl groups excluding tert-OH is 1. The van der Waals surface area contributed by atoms with Crippen LogP contribution in [0.2, 0.25) is 0 Å². The van der Waals surface area contributed by atoms with Crippen molar-refractivity contribution in [2.75, 3.05) is 13.2 Å².